The quantitative estimate of drug-likeness (QED) is 0.457. The lowest BCUT2D eigenvalue weighted by Gasteiger charge is -2.05. The summed E-state index contributed by atoms with van der Waals surface area (Å²) in [6.45, 7) is 0. The van der Waals surface area contributed by atoms with Gasteiger partial charge in [0.1, 0.15) is 0 Å². The Balaban J connectivity index is 1.83. The normalized spacial score (nSPS) is 10.7. The number of aromatic amines is 1. The smallest absolute Gasteiger partial charge is 0.251 e. The van der Waals surface area contributed by atoms with E-state index in [0.29, 0.717) is 10.7 Å². The predicted octanol–water partition coefficient (Wildman–Crippen LogP) is 2.90. The van der Waals surface area contributed by atoms with Crippen LogP contribution in [0.2, 0.25) is 0 Å². The van der Waals surface area contributed by atoms with Crippen LogP contribution < -0.4 is 5.56 Å². The number of nitrogens with zero attached hydrogens (tertiary/aromatic N) is 1. The van der Waals surface area contributed by atoms with E-state index < -0.39 is 0 Å². The Kier molecular flexibility index (Phi) is 3.83. The highest BCUT2D eigenvalue weighted by Gasteiger charge is 2.10. The summed E-state index contributed by atoms with van der Waals surface area (Å²) in [5, 5.41) is 2.44. The van der Waals surface area contributed by atoms with E-state index >= 15 is 0 Å². The summed E-state index contributed by atoms with van der Waals surface area (Å²) in [6.07, 6.45) is 1.43. The van der Waals surface area contributed by atoms with Crippen LogP contribution in [0.25, 0.3) is 10.8 Å². The molecular formula is C16H12N2O2S. The number of hydrogen-bond donors (Lipinski definition) is 1. The van der Waals surface area contributed by atoms with Crippen LogP contribution in [0, 0.1) is 0 Å². The fraction of sp³-hybridized carbons (Fsp3) is 0.0625. The highest BCUT2D eigenvalue weighted by molar-refractivity contribution is 7.99. The summed E-state index contributed by atoms with van der Waals surface area (Å²) in [6, 6.07) is 14.8. The van der Waals surface area contributed by atoms with E-state index in [0.717, 1.165) is 10.8 Å². The summed E-state index contributed by atoms with van der Waals surface area (Å²) in [4.78, 5) is 30.2. The Morgan fingerprint density at radius 1 is 1.10 bits per heavy atom. The maximum atomic E-state index is 12.4. The third-order valence-electron chi connectivity index (χ3n) is 3.08. The number of Topliss-reactive ketones (excluding diaryl/α,β-unsaturated/α-hetero) is 1. The molecule has 5 heteroatoms. The van der Waals surface area contributed by atoms with Gasteiger partial charge in [0.25, 0.3) is 5.56 Å². The van der Waals surface area contributed by atoms with E-state index in [1.807, 2.05) is 42.5 Å². The highest BCUT2D eigenvalue weighted by Crippen LogP contribution is 2.21. The van der Waals surface area contributed by atoms with E-state index in [2.05, 4.69) is 9.97 Å². The van der Waals surface area contributed by atoms with Gasteiger partial charge in [-0.2, -0.15) is 0 Å². The van der Waals surface area contributed by atoms with Gasteiger partial charge < -0.3 is 4.98 Å². The first-order valence-electron chi connectivity index (χ1n) is 6.43. The molecule has 0 fully saturated rings. The van der Waals surface area contributed by atoms with Crippen LogP contribution in [0.15, 0.2) is 64.7 Å². The van der Waals surface area contributed by atoms with E-state index in [1.54, 1.807) is 0 Å². The summed E-state index contributed by atoms with van der Waals surface area (Å²) in [5.41, 5.74) is 0.476. The molecule has 0 amide bonds. The second kappa shape index (κ2) is 5.93. The molecule has 104 valence electrons. The van der Waals surface area contributed by atoms with Crippen molar-refractivity contribution in [2.75, 3.05) is 5.75 Å². The number of hydrogen-bond acceptors (Lipinski definition) is 4. The summed E-state index contributed by atoms with van der Waals surface area (Å²) in [5.74, 6) is 0.254. The maximum Gasteiger partial charge on any atom is 0.251 e. The minimum Gasteiger partial charge on any atom is -0.301 e. The van der Waals surface area contributed by atoms with Crippen LogP contribution in [-0.2, 0) is 0 Å². The van der Waals surface area contributed by atoms with Crippen molar-refractivity contribution in [3.05, 3.63) is 70.6 Å². The fourth-order valence-electron chi connectivity index (χ4n) is 2.11. The molecule has 21 heavy (non-hydrogen) atoms. The number of H-pyrrole nitrogens is 1. The SMILES string of the molecule is O=C(CSc1nccc(=O)[nH]1)c1cccc2ccccc12. The monoisotopic (exact) mass is 296 g/mol. The van der Waals surface area contributed by atoms with E-state index in [-0.39, 0.29) is 17.1 Å². The summed E-state index contributed by atoms with van der Waals surface area (Å²) >= 11 is 1.23. The Labute approximate surface area is 125 Å². The molecule has 0 saturated heterocycles. The number of benzene rings is 2. The predicted molar refractivity (Wildman–Crippen MR) is 83.9 cm³/mol. The zero-order valence-corrected chi connectivity index (χ0v) is 11.9. The number of thioether (sulfide) groups is 1. The van der Waals surface area contributed by atoms with E-state index in [9.17, 15) is 9.59 Å². The molecule has 0 saturated carbocycles. The number of nitrogens with one attached hydrogen (secondary N) is 1. The molecule has 0 bridgehead atoms. The van der Waals surface area contributed by atoms with Crippen molar-refractivity contribution in [3.8, 4) is 0 Å². The number of carbonyl (C=O) groups is 1. The Bertz CT molecular complexity index is 853. The highest BCUT2D eigenvalue weighted by atomic mass is 32.2. The van der Waals surface area contributed by atoms with Gasteiger partial charge in [-0.25, -0.2) is 4.98 Å². The minimum atomic E-state index is -0.217. The van der Waals surface area contributed by atoms with E-state index in [4.69, 9.17) is 0 Å². The first kappa shape index (κ1) is 13.6. The minimum absolute atomic E-state index is 0.0169. The zero-order chi connectivity index (χ0) is 14.7. The number of rotatable bonds is 4. The number of ketones is 1. The van der Waals surface area contributed by atoms with Crippen molar-refractivity contribution in [2.45, 2.75) is 5.16 Å². The number of aromatic nitrogens is 2. The molecule has 0 aliphatic heterocycles. The molecule has 0 unspecified atom stereocenters. The van der Waals surface area contributed by atoms with Crippen molar-refractivity contribution in [1.82, 2.24) is 9.97 Å². The van der Waals surface area contributed by atoms with Gasteiger partial charge in [0, 0.05) is 17.8 Å². The summed E-state index contributed by atoms with van der Waals surface area (Å²) in [7, 11) is 0. The largest absolute Gasteiger partial charge is 0.301 e. The topological polar surface area (TPSA) is 62.8 Å². The molecule has 4 nitrogen and oxygen atoms in total. The lowest BCUT2D eigenvalue weighted by molar-refractivity contribution is 0.102. The van der Waals surface area contributed by atoms with Crippen molar-refractivity contribution >= 4 is 28.3 Å². The third-order valence-corrected chi connectivity index (χ3v) is 3.97. The molecule has 0 radical (unpaired) electrons. The van der Waals surface area contributed by atoms with Crippen LogP contribution in [0.1, 0.15) is 10.4 Å². The Hall–Kier alpha value is -2.40. The first-order valence-corrected chi connectivity index (χ1v) is 7.42. The second-order valence-electron chi connectivity index (χ2n) is 4.48. The molecule has 1 aromatic heterocycles. The maximum absolute atomic E-state index is 12.4. The van der Waals surface area contributed by atoms with Crippen LogP contribution in [-0.4, -0.2) is 21.5 Å². The molecule has 1 N–H and O–H groups in total. The molecule has 0 aliphatic rings. The summed E-state index contributed by atoms with van der Waals surface area (Å²) < 4.78 is 0. The molecule has 3 aromatic rings. The molecule has 0 aliphatic carbocycles. The van der Waals surface area contributed by atoms with Crippen LogP contribution in [0.4, 0.5) is 0 Å². The van der Waals surface area contributed by atoms with Crippen molar-refractivity contribution < 1.29 is 4.79 Å². The van der Waals surface area contributed by atoms with Crippen molar-refractivity contribution in [1.29, 1.82) is 0 Å². The van der Waals surface area contributed by atoms with Gasteiger partial charge in [-0.05, 0) is 10.8 Å². The molecule has 2 aromatic carbocycles. The molecular weight excluding hydrogens is 284 g/mol. The van der Waals surface area contributed by atoms with Crippen LogP contribution in [0.5, 0.6) is 0 Å². The zero-order valence-electron chi connectivity index (χ0n) is 11.1. The van der Waals surface area contributed by atoms with Gasteiger partial charge in [-0.1, -0.05) is 54.2 Å². The van der Waals surface area contributed by atoms with Crippen molar-refractivity contribution in [2.24, 2.45) is 0 Å². The van der Waals surface area contributed by atoms with Gasteiger partial charge >= 0.3 is 0 Å². The average molecular weight is 296 g/mol. The van der Waals surface area contributed by atoms with Crippen molar-refractivity contribution in [3.63, 3.8) is 0 Å². The Morgan fingerprint density at radius 2 is 1.90 bits per heavy atom. The fourth-order valence-corrected chi connectivity index (χ4v) is 2.84. The lowest BCUT2D eigenvalue weighted by atomic mass is 10.0. The molecule has 1 heterocycles. The second-order valence-corrected chi connectivity index (χ2v) is 5.44. The van der Waals surface area contributed by atoms with Gasteiger partial charge in [0.2, 0.25) is 0 Å². The lowest BCUT2D eigenvalue weighted by Crippen LogP contribution is -2.08. The van der Waals surface area contributed by atoms with Gasteiger partial charge in [-0.15, -0.1) is 0 Å². The van der Waals surface area contributed by atoms with Gasteiger partial charge in [-0.3, -0.25) is 9.59 Å². The standard InChI is InChI=1S/C16H12N2O2S/c19-14(10-21-16-17-9-8-15(20)18-16)13-7-3-5-11-4-1-2-6-12(11)13/h1-9H,10H2,(H,17,18,20). The Morgan fingerprint density at radius 3 is 2.76 bits per heavy atom. The molecule has 0 atom stereocenters. The average Bonchev–Trinajstić information content (AvgIpc) is 2.52. The first-order chi connectivity index (χ1) is 10.2. The van der Waals surface area contributed by atoms with Crippen LogP contribution in [0.3, 0.4) is 0 Å². The van der Waals surface area contributed by atoms with Gasteiger partial charge in [0.15, 0.2) is 10.9 Å². The molecule has 0 spiro atoms. The van der Waals surface area contributed by atoms with E-state index in [1.165, 1.54) is 24.0 Å². The van der Waals surface area contributed by atoms with Crippen LogP contribution >= 0.6 is 11.8 Å². The third kappa shape index (κ3) is 3.03. The number of fused-ring (bicyclic) bond motifs is 1. The molecule has 3 rings (SSSR count). The van der Waals surface area contributed by atoms with Gasteiger partial charge in [0.05, 0.1) is 5.75 Å². The number of carbonyl (C=O) groups excluding carboxylic acids is 1.